The van der Waals surface area contributed by atoms with Crippen molar-refractivity contribution in [1.82, 2.24) is 0 Å². The van der Waals surface area contributed by atoms with E-state index in [0.29, 0.717) is 11.8 Å². The maximum Gasteiger partial charge on any atom is 0.243 e. The molecule has 2 aromatic rings. The lowest BCUT2D eigenvalue weighted by Crippen LogP contribution is -2.23. The van der Waals surface area contributed by atoms with Gasteiger partial charge in [-0.25, -0.2) is 0 Å². The van der Waals surface area contributed by atoms with E-state index in [-0.39, 0.29) is 12.5 Å². The van der Waals surface area contributed by atoms with Gasteiger partial charge in [-0.15, -0.1) is 0 Å². The standard InChI is InChI=1S/C20H25IN2O/c1-13(2)15-8-7-9-16(14(3)4)20(15)23-19(24)12-22-18-11-6-5-10-17(18)21/h5-11,13-14,22H,12H2,1-4H3,(H,23,24). The molecule has 0 bridgehead atoms. The van der Waals surface area contributed by atoms with Gasteiger partial charge in [0.05, 0.1) is 6.54 Å². The maximum atomic E-state index is 12.5. The first-order chi connectivity index (χ1) is 11.4. The highest BCUT2D eigenvalue weighted by Crippen LogP contribution is 2.32. The number of benzene rings is 2. The normalized spacial score (nSPS) is 11.0. The van der Waals surface area contributed by atoms with E-state index in [9.17, 15) is 4.79 Å². The summed E-state index contributed by atoms with van der Waals surface area (Å²) in [7, 11) is 0. The van der Waals surface area contributed by atoms with Crippen molar-refractivity contribution in [3.05, 3.63) is 57.2 Å². The zero-order valence-electron chi connectivity index (χ0n) is 14.7. The second kappa shape index (κ2) is 8.51. The first kappa shape index (κ1) is 18.8. The lowest BCUT2D eigenvalue weighted by Gasteiger charge is -2.20. The lowest BCUT2D eigenvalue weighted by atomic mass is 9.92. The number of anilines is 2. The van der Waals surface area contributed by atoms with Crippen LogP contribution in [-0.2, 0) is 4.79 Å². The van der Waals surface area contributed by atoms with Gasteiger partial charge in [-0.2, -0.15) is 0 Å². The van der Waals surface area contributed by atoms with Crippen molar-refractivity contribution in [2.24, 2.45) is 0 Å². The summed E-state index contributed by atoms with van der Waals surface area (Å²) in [5.74, 6) is 0.703. The number of para-hydroxylation sites is 2. The van der Waals surface area contributed by atoms with E-state index in [1.807, 2.05) is 24.3 Å². The molecule has 0 unspecified atom stereocenters. The van der Waals surface area contributed by atoms with E-state index < -0.39 is 0 Å². The molecule has 0 aliphatic carbocycles. The number of amides is 1. The van der Waals surface area contributed by atoms with Crippen LogP contribution in [0.5, 0.6) is 0 Å². The van der Waals surface area contributed by atoms with E-state index in [1.54, 1.807) is 0 Å². The first-order valence-corrected chi connectivity index (χ1v) is 9.39. The SMILES string of the molecule is CC(C)c1cccc(C(C)C)c1NC(=O)CNc1ccccc1I. The summed E-state index contributed by atoms with van der Waals surface area (Å²) in [6.45, 7) is 8.86. The zero-order chi connectivity index (χ0) is 17.7. The van der Waals surface area contributed by atoms with Crippen LogP contribution >= 0.6 is 22.6 Å². The second-order valence-corrected chi connectivity index (χ2v) is 7.66. The molecule has 0 saturated carbocycles. The molecule has 0 aromatic heterocycles. The molecule has 0 aliphatic rings. The summed E-state index contributed by atoms with van der Waals surface area (Å²) in [5.41, 5.74) is 4.32. The van der Waals surface area contributed by atoms with Crippen molar-refractivity contribution >= 4 is 39.9 Å². The number of halogens is 1. The summed E-state index contributed by atoms with van der Waals surface area (Å²) in [6.07, 6.45) is 0. The predicted octanol–water partition coefficient (Wildman–Crippen LogP) is 5.59. The summed E-state index contributed by atoms with van der Waals surface area (Å²) in [4.78, 5) is 12.5. The van der Waals surface area contributed by atoms with Gasteiger partial charge < -0.3 is 10.6 Å². The molecule has 0 radical (unpaired) electrons. The zero-order valence-corrected chi connectivity index (χ0v) is 16.8. The van der Waals surface area contributed by atoms with Gasteiger partial charge in [0.2, 0.25) is 5.91 Å². The maximum absolute atomic E-state index is 12.5. The molecule has 0 aliphatic heterocycles. The molecule has 2 rings (SSSR count). The Labute approximate surface area is 158 Å². The molecule has 2 N–H and O–H groups in total. The lowest BCUT2D eigenvalue weighted by molar-refractivity contribution is -0.114. The molecule has 4 heteroatoms. The average molecular weight is 436 g/mol. The average Bonchev–Trinajstić information content (AvgIpc) is 2.53. The molecule has 0 heterocycles. The fraction of sp³-hybridized carbons (Fsp3) is 0.350. The van der Waals surface area contributed by atoms with Crippen LogP contribution in [0.4, 0.5) is 11.4 Å². The fourth-order valence-electron chi connectivity index (χ4n) is 2.66. The van der Waals surface area contributed by atoms with Crippen LogP contribution in [0.25, 0.3) is 0 Å². The van der Waals surface area contributed by atoms with Gasteiger partial charge in [0, 0.05) is 14.9 Å². The molecule has 3 nitrogen and oxygen atoms in total. The highest BCUT2D eigenvalue weighted by molar-refractivity contribution is 14.1. The Balaban J connectivity index is 2.15. The number of hydrogen-bond acceptors (Lipinski definition) is 2. The van der Waals surface area contributed by atoms with Crippen molar-refractivity contribution in [1.29, 1.82) is 0 Å². The van der Waals surface area contributed by atoms with Crippen LogP contribution < -0.4 is 10.6 Å². The molecule has 24 heavy (non-hydrogen) atoms. The molecule has 0 saturated heterocycles. The van der Waals surface area contributed by atoms with Gasteiger partial charge in [0.25, 0.3) is 0 Å². The largest absolute Gasteiger partial charge is 0.375 e. The van der Waals surface area contributed by atoms with Crippen LogP contribution in [0.3, 0.4) is 0 Å². The van der Waals surface area contributed by atoms with Crippen LogP contribution in [0.15, 0.2) is 42.5 Å². The smallest absolute Gasteiger partial charge is 0.243 e. The Bertz CT molecular complexity index is 684. The van der Waals surface area contributed by atoms with Crippen molar-refractivity contribution < 1.29 is 4.79 Å². The third-order valence-corrected chi connectivity index (χ3v) is 4.89. The Morgan fingerprint density at radius 2 is 1.54 bits per heavy atom. The van der Waals surface area contributed by atoms with Crippen LogP contribution in [-0.4, -0.2) is 12.5 Å². The Morgan fingerprint density at radius 1 is 0.958 bits per heavy atom. The van der Waals surface area contributed by atoms with Crippen molar-refractivity contribution in [2.45, 2.75) is 39.5 Å². The Morgan fingerprint density at radius 3 is 2.08 bits per heavy atom. The van der Waals surface area contributed by atoms with Gasteiger partial charge in [-0.3, -0.25) is 4.79 Å². The third-order valence-electron chi connectivity index (χ3n) is 3.95. The number of carbonyl (C=O) groups is 1. The van der Waals surface area contributed by atoms with Crippen molar-refractivity contribution in [3.63, 3.8) is 0 Å². The van der Waals surface area contributed by atoms with Gasteiger partial charge in [-0.1, -0.05) is 58.0 Å². The highest BCUT2D eigenvalue weighted by Gasteiger charge is 2.15. The number of rotatable bonds is 6. The minimum absolute atomic E-state index is 0.0235. The summed E-state index contributed by atoms with van der Waals surface area (Å²) < 4.78 is 1.10. The quantitative estimate of drug-likeness (QED) is 0.580. The minimum atomic E-state index is -0.0235. The molecule has 0 fully saturated rings. The first-order valence-electron chi connectivity index (χ1n) is 8.31. The molecular formula is C20H25IN2O. The van der Waals surface area contributed by atoms with Crippen molar-refractivity contribution in [2.75, 3.05) is 17.2 Å². The van der Waals surface area contributed by atoms with E-state index in [2.05, 4.69) is 79.1 Å². The topological polar surface area (TPSA) is 41.1 Å². The molecule has 0 spiro atoms. The van der Waals surface area contributed by atoms with E-state index in [4.69, 9.17) is 0 Å². The van der Waals surface area contributed by atoms with E-state index in [1.165, 1.54) is 11.1 Å². The summed E-state index contributed by atoms with van der Waals surface area (Å²) in [5, 5.41) is 6.34. The predicted molar refractivity (Wildman–Crippen MR) is 111 cm³/mol. The third kappa shape index (κ3) is 4.72. The van der Waals surface area contributed by atoms with Crippen molar-refractivity contribution in [3.8, 4) is 0 Å². The van der Waals surface area contributed by atoms with Crippen LogP contribution in [0.2, 0.25) is 0 Å². The molecule has 2 aromatic carbocycles. The minimum Gasteiger partial charge on any atom is -0.375 e. The second-order valence-electron chi connectivity index (χ2n) is 6.50. The van der Waals surface area contributed by atoms with Gasteiger partial charge in [-0.05, 0) is 57.7 Å². The summed E-state index contributed by atoms with van der Waals surface area (Å²) in [6, 6.07) is 14.2. The number of hydrogen-bond donors (Lipinski definition) is 2. The van der Waals surface area contributed by atoms with Crippen LogP contribution in [0.1, 0.15) is 50.7 Å². The summed E-state index contributed by atoms with van der Waals surface area (Å²) >= 11 is 2.26. The Hall–Kier alpha value is -1.56. The molecular weight excluding hydrogens is 411 g/mol. The highest BCUT2D eigenvalue weighted by atomic mass is 127. The van der Waals surface area contributed by atoms with Gasteiger partial charge in [0.15, 0.2) is 0 Å². The molecule has 128 valence electrons. The fourth-order valence-corrected chi connectivity index (χ4v) is 3.24. The monoisotopic (exact) mass is 436 g/mol. The Kier molecular flexibility index (Phi) is 6.66. The van der Waals surface area contributed by atoms with E-state index >= 15 is 0 Å². The van der Waals surface area contributed by atoms with E-state index in [0.717, 1.165) is 14.9 Å². The molecule has 1 amide bonds. The van der Waals surface area contributed by atoms with Gasteiger partial charge >= 0.3 is 0 Å². The number of nitrogens with one attached hydrogen (secondary N) is 2. The van der Waals surface area contributed by atoms with Gasteiger partial charge in [0.1, 0.15) is 0 Å². The number of carbonyl (C=O) groups excluding carboxylic acids is 1. The van der Waals surface area contributed by atoms with Crippen LogP contribution in [0, 0.1) is 3.57 Å². The molecule has 0 atom stereocenters.